The first-order chi connectivity index (χ1) is 14.2. The minimum absolute atomic E-state index is 0.378. The van der Waals surface area contributed by atoms with Crippen molar-refractivity contribution in [2.45, 2.75) is 0 Å². The van der Waals surface area contributed by atoms with Crippen molar-refractivity contribution in [2.75, 3.05) is 46.0 Å². The lowest BCUT2D eigenvalue weighted by molar-refractivity contribution is 0.132. The van der Waals surface area contributed by atoms with Crippen LogP contribution < -0.4 is 14.8 Å². The van der Waals surface area contributed by atoms with Gasteiger partial charge in [0.2, 0.25) is 0 Å². The lowest BCUT2D eigenvalue weighted by Crippen LogP contribution is -2.09. The summed E-state index contributed by atoms with van der Waals surface area (Å²) in [4.78, 5) is 8.70. The number of hydrogen-bond donors (Lipinski definition) is 1. The fourth-order valence-electron chi connectivity index (χ4n) is 2.66. The molecule has 0 aliphatic carbocycles. The van der Waals surface area contributed by atoms with Crippen molar-refractivity contribution < 1.29 is 18.9 Å². The average Bonchev–Trinajstić information content (AvgIpc) is 2.75. The van der Waals surface area contributed by atoms with E-state index in [1.807, 2.05) is 24.3 Å². The number of anilines is 2. The molecule has 0 saturated carbocycles. The molecule has 0 amide bonds. The maximum Gasteiger partial charge on any atom is 0.163 e. The van der Waals surface area contributed by atoms with E-state index in [9.17, 15) is 0 Å². The molecule has 2 aromatic carbocycles. The first-order valence-corrected chi connectivity index (χ1v) is 9.04. The van der Waals surface area contributed by atoms with Crippen LogP contribution >= 0.6 is 0 Å². The van der Waals surface area contributed by atoms with Crippen LogP contribution in [-0.4, -0.2) is 50.6 Å². The smallest absolute Gasteiger partial charge is 0.163 e. The Morgan fingerprint density at radius 3 is 2.34 bits per heavy atom. The number of nitrogens with zero attached hydrogens (tertiary/aromatic N) is 3. The molecular formula is C21H22N4O4. The fourth-order valence-corrected chi connectivity index (χ4v) is 2.66. The van der Waals surface area contributed by atoms with Crippen LogP contribution in [0.2, 0.25) is 0 Å². The molecule has 0 aliphatic rings. The number of methoxy groups -OCH3 is 2. The van der Waals surface area contributed by atoms with Gasteiger partial charge in [0.15, 0.2) is 11.5 Å². The summed E-state index contributed by atoms with van der Waals surface area (Å²) in [6, 6.07) is 13.0. The molecule has 29 heavy (non-hydrogen) atoms. The Hall–Kier alpha value is -3.41. The van der Waals surface area contributed by atoms with Gasteiger partial charge in [0.05, 0.1) is 30.4 Å². The average molecular weight is 394 g/mol. The summed E-state index contributed by atoms with van der Waals surface area (Å²) in [5.74, 6) is 1.74. The maximum atomic E-state index is 9.11. The highest BCUT2D eigenvalue weighted by Gasteiger charge is 2.13. The number of aromatic nitrogens is 2. The summed E-state index contributed by atoms with van der Waals surface area (Å²) in [6.45, 7) is 1.68. The summed E-state index contributed by atoms with van der Waals surface area (Å²) < 4.78 is 21.8. The van der Waals surface area contributed by atoms with Crippen LogP contribution in [0.15, 0.2) is 42.7 Å². The highest BCUT2D eigenvalue weighted by atomic mass is 16.5. The molecule has 0 spiro atoms. The van der Waals surface area contributed by atoms with Crippen LogP contribution in [0.5, 0.6) is 11.5 Å². The quantitative estimate of drug-likeness (QED) is 0.523. The molecule has 0 aliphatic heterocycles. The van der Waals surface area contributed by atoms with Crippen LogP contribution in [-0.2, 0) is 9.47 Å². The van der Waals surface area contributed by atoms with E-state index in [1.165, 1.54) is 6.33 Å². The molecule has 150 valence electrons. The van der Waals surface area contributed by atoms with E-state index in [4.69, 9.17) is 24.2 Å². The van der Waals surface area contributed by atoms with Gasteiger partial charge in [-0.3, -0.25) is 0 Å². The van der Waals surface area contributed by atoms with Crippen LogP contribution in [0, 0.1) is 11.3 Å². The van der Waals surface area contributed by atoms with E-state index in [0.29, 0.717) is 54.8 Å². The van der Waals surface area contributed by atoms with Gasteiger partial charge in [-0.15, -0.1) is 0 Å². The summed E-state index contributed by atoms with van der Waals surface area (Å²) in [6.07, 6.45) is 1.48. The molecule has 0 fully saturated rings. The predicted molar refractivity (Wildman–Crippen MR) is 109 cm³/mol. The van der Waals surface area contributed by atoms with E-state index in [2.05, 4.69) is 21.4 Å². The largest absolute Gasteiger partial charge is 0.487 e. The normalized spacial score (nSPS) is 10.5. The lowest BCUT2D eigenvalue weighted by atomic mass is 10.2. The zero-order valence-corrected chi connectivity index (χ0v) is 16.3. The second-order valence-corrected chi connectivity index (χ2v) is 6.04. The lowest BCUT2D eigenvalue weighted by Gasteiger charge is -2.15. The topological polar surface area (TPSA) is 98.5 Å². The van der Waals surface area contributed by atoms with Crippen LogP contribution in [0.1, 0.15) is 5.56 Å². The molecule has 8 heteroatoms. The Morgan fingerprint density at radius 2 is 1.66 bits per heavy atom. The standard InChI is InChI=1S/C21H22N4O4/c1-26-6-8-28-19-11-17-18(12-20(19)29-9-7-27-2)23-14-24-21(17)25-16-5-3-4-15(10-16)13-22/h3-5,10-12,14H,6-9H2,1-2H3,(H,23,24,25). The first kappa shape index (κ1) is 20.3. The minimum Gasteiger partial charge on any atom is -0.487 e. The highest BCUT2D eigenvalue weighted by Crippen LogP contribution is 2.35. The second-order valence-electron chi connectivity index (χ2n) is 6.04. The molecule has 0 saturated heterocycles. The molecule has 8 nitrogen and oxygen atoms in total. The van der Waals surface area contributed by atoms with Gasteiger partial charge in [-0.2, -0.15) is 5.26 Å². The van der Waals surface area contributed by atoms with Gasteiger partial charge in [-0.05, 0) is 24.3 Å². The second kappa shape index (κ2) is 10.2. The molecule has 1 N–H and O–H groups in total. The minimum atomic E-state index is 0.378. The van der Waals surface area contributed by atoms with Gasteiger partial charge in [0, 0.05) is 31.4 Å². The summed E-state index contributed by atoms with van der Waals surface area (Å²) in [5, 5.41) is 13.1. The number of nitriles is 1. The van der Waals surface area contributed by atoms with Gasteiger partial charge < -0.3 is 24.3 Å². The Balaban J connectivity index is 1.96. The molecule has 1 heterocycles. The highest BCUT2D eigenvalue weighted by molar-refractivity contribution is 5.93. The third-order valence-corrected chi connectivity index (χ3v) is 4.05. The zero-order chi connectivity index (χ0) is 20.5. The Bertz CT molecular complexity index is 1000. The van der Waals surface area contributed by atoms with Crippen molar-refractivity contribution in [1.82, 2.24) is 9.97 Å². The number of fused-ring (bicyclic) bond motifs is 1. The Kier molecular flexibility index (Phi) is 7.16. The molecule has 0 radical (unpaired) electrons. The number of benzene rings is 2. The number of hydrogen-bond acceptors (Lipinski definition) is 8. The van der Waals surface area contributed by atoms with Gasteiger partial charge in [-0.1, -0.05) is 6.07 Å². The van der Waals surface area contributed by atoms with Crippen molar-refractivity contribution in [3.8, 4) is 17.6 Å². The first-order valence-electron chi connectivity index (χ1n) is 9.04. The summed E-state index contributed by atoms with van der Waals surface area (Å²) >= 11 is 0. The zero-order valence-electron chi connectivity index (χ0n) is 16.3. The van der Waals surface area contributed by atoms with Gasteiger partial charge in [-0.25, -0.2) is 9.97 Å². The number of nitrogens with one attached hydrogen (secondary N) is 1. The van der Waals surface area contributed by atoms with Crippen LogP contribution in [0.3, 0.4) is 0 Å². The molecule has 1 aromatic heterocycles. The fraction of sp³-hybridized carbons (Fsp3) is 0.286. The van der Waals surface area contributed by atoms with Crippen molar-refractivity contribution in [1.29, 1.82) is 5.26 Å². The van der Waals surface area contributed by atoms with Crippen molar-refractivity contribution in [3.63, 3.8) is 0 Å². The number of rotatable bonds is 10. The van der Waals surface area contributed by atoms with Gasteiger partial charge >= 0.3 is 0 Å². The summed E-state index contributed by atoms with van der Waals surface area (Å²) in [5.41, 5.74) is 2.02. The van der Waals surface area contributed by atoms with E-state index < -0.39 is 0 Å². The Morgan fingerprint density at radius 1 is 0.931 bits per heavy atom. The molecule has 0 bridgehead atoms. The third kappa shape index (κ3) is 5.31. The molecule has 0 atom stereocenters. The number of ether oxygens (including phenoxy) is 4. The Labute approximate surface area is 169 Å². The monoisotopic (exact) mass is 394 g/mol. The van der Waals surface area contributed by atoms with Gasteiger partial charge in [0.1, 0.15) is 25.4 Å². The van der Waals surface area contributed by atoms with Crippen LogP contribution in [0.4, 0.5) is 11.5 Å². The summed E-state index contributed by atoms with van der Waals surface area (Å²) in [7, 11) is 3.23. The van der Waals surface area contributed by atoms with E-state index in [1.54, 1.807) is 26.4 Å². The SMILES string of the molecule is COCCOc1cc2ncnc(Nc3cccc(C#N)c3)c2cc1OCCOC. The van der Waals surface area contributed by atoms with E-state index >= 15 is 0 Å². The van der Waals surface area contributed by atoms with Crippen molar-refractivity contribution >= 4 is 22.4 Å². The third-order valence-electron chi connectivity index (χ3n) is 4.05. The van der Waals surface area contributed by atoms with Crippen LogP contribution in [0.25, 0.3) is 10.9 Å². The molecule has 3 aromatic rings. The van der Waals surface area contributed by atoms with Gasteiger partial charge in [0.25, 0.3) is 0 Å². The van der Waals surface area contributed by atoms with E-state index in [-0.39, 0.29) is 0 Å². The van der Waals surface area contributed by atoms with Crippen molar-refractivity contribution in [3.05, 3.63) is 48.3 Å². The molecule has 0 unspecified atom stereocenters. The van der Waals surface area contributed by atoms with E-state index in [0.717, 1.165) is 11.1 Å². The molecule has 3 rings (SSSR count). The maximum absolute atomic E-state index is 9.11. The predicted octanol–water partition coefficient (Wildman–Crippen LogP) is 3.30. The van der Waals surface area contributed by atoms with Crippen molar-refractivity contribution in [2.24, 2.45) is 0 Å². The molecular weight excluding hydrogens is 372 g/mol.